The van der Waals surface area contributed by atoms with Gasteiger partial charge in [0.25, 0.3) is 0 Å². The van der Waals surface area contributed by atoms with E-state index in [1.165, 1.54) is 5.56 Å². The van der Waals surface area contributed by atoms with Crippen LogP contribution < -0.4 is 5.32 Å². The molecule has 110 valence electrons. The van der Waals surface area contributed by atoms with Crippen molar-refractivity contribution in [2.75, 3.05) is 13.1 Å². The number of nitrogens with zero attached hydrogens (tertiary/aromatic N) is 1. The molecule has 4 nitrogen and oxygen atoms in total. The van der Waals surface area contributed by atoms with E-state index in [2.05, 4.69) is 5.32 Å². The van der Waals surface area contributed by atoms with Gasteiger partial charge in [-0.15, -0.1) is 0 Å². The highest BCUT2D eigenvalue weighted by molar-refractivity contribution is 6.30. The van der Waals surface area contributed by atoms with Crippen LogP contribution in [-0.4, -0.2) is 35.7 Å². The van der Waals surface area contributed by atoms with E-state index in [0.717, 1.165) is 11.6 Å². The number of likely N-dealkylation sites (tertiary alicyclic amines) is 1. The lowest BCUT2D eigenvalue weighted by molar-refractivity contribution is 0.00519. The summed E-state index contributed by atoms with van der Waals surface area (Å²) in [6.07, 6.45) is -0.234. The molecule has 0 atom stereocenters. The third kappa shape index (κ3) is 4.39. The molecule has 2 rings (SSSR count). The van der Waals surface area contributed by atoms with Crippen LogP contribution in [0.5, 0.6) is 0 Å². The first-order valence-electron chi connectivity index (χ1n) is 6.79. The molecule has 1 aliphatic heterocycles. The first kappa shape index (κ1) is 15.1. The zero-order valence-corrected chi connectivity index (χ0v) is 12.9. The van der Waals surface area contributed by atoms with Gasteiger partial charge in [0.2, 0.25) is 0 Å². The van der Waals surface area contributed by atoms with Gasteiger partial charge in [0, 0.05) is 30.7 Å². The van der Waals surface area contributed by atoms with Gasteiger partial charge in [-0.3, -0.25) is 0 Å². The maximum absolute atomic E-state index is 11.8. The Morgan fingerprint density at radius 2 is 1.95 bits per heavy atom. The monoisotopic (exact) mass is 296 g/mol. The van der Waals surface area contributed by atoms with E-state index in [-0.39, 0.29) is 6.09 Å². The first-order valence-corrected chi connectivity index (χ1v) is 7.17. The molecule has 1 fully saturated rings. The number of hydrogen-bond donors (Lipinski definition) is 1. The van der Waals surface area contributed by atoms with Gasteiger partial charge in [-0.2, -0.15) is 0 Å². The Balaban J connectivity index is 1.69. The fraction of sp³-hybridized carbons (Fsp3) is 0.533. The van der Waals surface area contributed by atoms with Crippen molar-refractivity contribution < 1.29 is 9.53 Å². The molecule has 1 aliphatic rings. The number of benzene rings is 1. The summed E-state index contributed by atoms with van der Waals surface area (Å²) in [7, 11) is 0. The molecule has 1 saturated heterocycles. The van der Waals surface area contributed by atoms with Crippen molar-refractivity contribution in [2.45, 2.75) is 39.0 Å². The van der Waals surface area contributed by atoms with E-state index in [9.17, 15) is 4.79 Å². The van der Waals surface area contributed by atoms with Crippen molar-refractivity contribution in [1.29, 1.82) is 0 Å². The van der Waals surface area contributed by atoms with Gasteiger partial charge in [0.15, 0.2) is 0 Å². The molecule has 1 N–H and O–H groups in total. The van der Waals surface area contributed by atoms with Gasteiger partial charge in [-0.05, 0) is 38.5 Å². The maximum Gasteiger partial charge on any atom is 0.410 e. The molecule has 1 aromatic rings. The molecule has 5 heteroatoms. The highest BCUT2D eigenvalue weighted by Crippen LogP contribution is 2.16. The normalized spacial score (nSPS) is 15.9. The van der Waals surface area contributed by atoms with Gasteiger partial charge in [0.1, 0.15) is 5.60 Å². The fourth-order valence-electron chi connectivity index (χ4n) is 1.95. The van der Waals surface area contributed by atoms with E-state index >= 15 is 0 Å². The summed E-state index contributed by atoms with van der Waals surface area (Å²) in [6, 6.07) is 8.09. The summed E-state index contributed by atoms with van der Waals surface area (Å²) in [5, 5.41) is 4.15. The molecule has 1 aromatic carbocycles. The van der Waals surface area contributed by atoms with Crippen LogP contribution in [0.1, 0.15) is 26.3 Å². The fourth-order valence-corrected chi connectivity index (χ4v) is 2.07. The summed E-state index contributed by atoms with van der Waals surface area (Å²) in [5.41, 5.74) is 0.754. The molecule has 1 heterocycles. The van der Waals surface area contributed by atoms with Crippen molar-refractivity contribution in [3.05, 3.63) is 34.9 Å². The molecule has 0 unspecified atom stereocenters. The first-order chi connectivity index (χ1) is 9.33. The molecule has 0 aliphatic carbocycles. The number of hydrogen-bond acceptors (Lipinski definition) is 3. The van der Waals surface area contributed by atoms with Crippen LogP contribution in [0.15, 0.2) is 24.3 Å². The van der Waals surface area contributed by atoms with E-state index < -0.39 is 5.60 Å². The molecule has 1 amide bonds. The van der Waals surface area contributed by atoms with Crippen molar-refractivity contribution in [2.24, 2.45) is 0 Å². The topological polar surface area (TPSA) is 41.6 Å². The Morgan fingerprint density at radius 3 is 2.50 bits per heavy atom. The molecule has 0 aromatic heterocycles. The van der Waals surface area contributed by atoms with E-state index in [4.69, 9.17) is 16.3 Å². The Kier molecular flexibility index (Phi) is 4.55. The van der Waals surface area contributed by atoms with Crippen LogP contribution in [-0.2, 0) is 11.3 Å². The minimum Gasteiger partial charge on any atom is -0.444 e. The Hall–Kier alpha value is -1.26. The third-order valence-corrected chi connectivity index (χ3v) is 3.29. The molecule has 0 spiro atoms. The molecule has 20 heavy (non-hydrogen) atoms. The number of nitrogens with one attached hydrogen (secondary N) is 1. The number of ether oxygens (including phenoxy) is 1. The maximum atomic E-state index is 11.8. The summed E-state index contributed by atoms with van der Waals surface area (Å²) < 4.78 is 5.31. The predicted octanol–water partition coefficient (Wildman–Crippen LogP) is 3.05. The summed E-state index contributed by atoms with van der Waals surface area (Å²) >= 11 is 5.84. The molecule has 0 saturated carbocycles. The summed E-state index contributed by atoms with van der Waals surface area (Å²) in [6.45, 7) is 7.80. The van der Waals surface area contributed by atoms with Crippen LogP contribution in [0.4, 0.5) is 4.79 Å². The van der Waals surface area contributed by atoms with Gasteiger partial charge in [-0.25, -0.2) is 4.79 Å². The average molecular weight is 297 g/mol. The highest BCUT2D eigenvalue weighted by atomic mass is 35.5. The lowest BCUT2D eigenvalue weighted by Crippen LogP contribution is -2.60. The van der Waals surface area contributed by atoms with Gasteiger partial charge < -0.3 is 15.0 Å². The summed E-state index contributed by atoms with van der Waals surface area (Å²) in [4.78, 5) is 13.5. The zero-order chi connectivity index (χ0) is 14.8. The lowest BCUT2D eigenvalue weighted by Gasteiger charge is -2.40. The number of halogens is 1. The molecular formula is C15H21ClN2O2. The van der Waals surface area contributed by atoms with E-state index in [0.29, 0.717) is 19.1 Å². The third-order valence-electron chi connectivity index (χ3n) is 3.04. The second-order valence-corrected chi connectivity index (χ2v) is 6.53. The van der Waals surface area contributed by atoms with Crippen molar-refractivity contribution >= 4 is 17.7 Å². The van der Waals surface area contributed by atoms with Gasteiger partial charge in [0.05, 0.1) is 0 Å². The van der Waals surface area contributed by atoms with Crippen molar-refractivity contribution in [3.8, 4) is 0 Å². The zero-order valence-electron chi connectivity index (χ0n) is 12.1. The average Bonchev–Trinajstić information content (AvgIpc) is 2.27. The van der Waals surface area contributed by atoms with Crippen molar-refractivity contribution in [1.82, 2.24) is 10.2 Å². The van der Waals surface area contributed by atoms with Gasteiger partial charge in [-0.1, -0.05) is 23.7 Å². The predicted molar refractivity (Wildman–Crippen MR) is 79.9 cm³/mol. The number of carbonyl (C=O) groups excluding carboxylic acids is 1. The SMILES string of the molecule is CC(C)(C)OC(=O)N1CC(NCc2ccc(Cl)cc2)C1. The van der Waals surface area contributed by atoms with Crippen LogP contribution in [0.2, 0.25) is 5.02 Å². The number of carbonyl (C=O) groups is 1. The Morgan fingerprint density at radius 1 is 1.35 bits per heavy atom. The minimum atomic E-state index is -0.432. The smallest absolute Gasteiger partial charge is 0.410 e. The minimum absolute atomic E-state index is 0.234. The standard InChI is InChI=1S/C15H21ClN2O2/c1-15(2,3)20-14(19)18-9-13(10-18)17-8-11-4-6-12(16)7-5-11/h4-7,13,17H,8-10H2,1-3H3. The van der Waals surface area contributed by atoms with Gasteiger partial charge >= 0.3 is 6.09 Å². The quantitative estimate of drug-likeness (QED) is 0.932. The Bertz CT molecular complexity index is 462. The van der Waals surface area contributed by atoms with Crippen LogP contribution in [0.25, 0.3) is 0 Å². The van der Waals surface area contributed by atoms with E-state index in [1.807, 2.05) is 45.0 Å². The highest BCUT2D eigenvalue weighted by Gasteiger charge is 2.33. The summed E-state index contributed by atoms with van der Waals surface area (Å²) in [5.74, 6) is 0. The van der Waals surface area contributed by atoms with Crippen LogP contribution >= 0.6 is 11.6 Å². The molecular weight excluding hydrogens is 276 g/mol. The number of rotatable bonds is 3. The van der Waals surface area contributed by atoms with Crippen LogP contribution in [0, 0.1) is 0 Å². The van der Waals surface area contributed by atoms with Crippen molar-refractivity contribution in [3.63, 3.8) is 0 Å². The lowest BCUT2D eigenvalue weighted by atomic mass is 10.1. The molecule has 0 bridgehead atoms. The second kappa shape index (κ2) is 6.02. The van der Waals surface area contributed by atoms with E-state index in [1.54, 1.807) is 4.90 Å². The Labute approximate surface area is 125 Å². The molecule has 0 radical (unpaired) electrons. The second-order valence-electron chi connectivity index (χ2n) is 6.09. The number of amides is 1. The van der Waals surface area contributed by atoms with Crippen LogP contribution in [0.3, 0.4) is 0 Å². The largest absolute Gasteiger partial charge is 0.444 e.